The fourth-order valence-electron chi connectivity index (χ4n) is 1.53. The molecule has 0 aromatic carbocycles. The summed E-state index contributed by atoms with van der Waals surface area (Å²) in [5, 5.41) is 0. The van der Waals surface area contributed by atoms with Gasteiger partial charge in [0.1, 0.15) is 0 Å². The Balaban J connectivity index is 4.48. The van der Waals surface area contributed by atoms with Crippen LogP contribution in [0.3, 0.4) is 0 Å². The molecule has 1 atom stereocenters. The fourth-order valence-corrected chi connectivity index (χ4v) is 1.53. The molecule has 0 aromatic rings. The van der Waals surface area contributed by atoms with E-state index in [4.69, 9.17) is 11.5 Å². The van der Waals surface area contributed by atoms with Crippen LogP contribution in [0.15, 0.2) is 0 Å². The topological polar surface area (TPSA) is 89.4 Å². The van der Waals surface area contributed by atoms with E-state index in [9.17, 15) is 9.59 Å². The Morgan fingerprint density at radius 1 is 1.31 bits per heavy atom. The second-order valence-corrected chi connectivity index (χ2v) is 4.47. The highest BCUT2D eigenvalue weighted by Gasteiger charge is 2.22. The van der Waals surface area contributed by atoms with Gasteiger partial charge in [-0.05, 0) is 12.3 Å². The molecule has 5 heteroatoms. The molecule has 0 aliphatic heterocycles. The maximum absolute atomic E-state index is 11.9. The van der Waals surface area contributed by atoms with Crippen molar-refractivity contribution in [1.82, 2.24) is 4.90 Å². The molecule has 0 aromatic heterocycles. The molecule has 16 heavy (non-hydrogen) atoms. The van der Waals surface area contributed by atoms with Gasteiger partial charge >= 0.3 is 0 Å². The minimum atomic E-state index is -0.525. The number of amides is 2. The molecular formula is C11H23N3O2. The van der Waals surface area contributed by atoms with Crippen LogP contribution in [0.1, 0.15) is 33.6 Å². The van der Waals surface area contributed by atoms with E-state index >= 15 is 0 Å². The quantitative estimate of drug-likeness (QED) is 0.648. The van der Waals surface area contributed by atoms with Gasteiger partial charge in [-0.15, -0.1) is 0 Å². The SMILES string of the molecule is CCC[C@@H](N)C(=O)N(CC(N)=O)CC(C)C. The number of carbonyl (C=O) groups excluding carboxylic acids is 2. The van der Waals surface area contributed by atoms with Crippen molar-refractivity contribution in [2.45, 2.75) is 39.7 Å². The first-order valence-corrected chi connectivity index (χ1v) is 5.71. The molecule has 0 rings (SSSR count). The van der Waals surface area contributed by atoms with Crippen molar-refractivity contribution in [1.29, 1.82) is 0 Å². The van der Waals surface area contributed by atoms with Crippen molar-refractivity contribution >= 4 is 11.8 Å². The van der Waals surface area contributed by atoms with Gasteiger partial charge in [0.15, 0.2) is 0 Å². The van der Waals surface area contributed by atoms with E-state index < -0.39 is 11.9 Å². The molecule has 5 nitrogen and oxygen atoms in total. The van der Waals surface area contributed by atoms with Gasteiger partial charge in [0.2, 0.25) is 11.8 Å². The van der Waals surface area contributed by atoms with Crippen molar-refractivity contribution in [3.63, 3.8) is 0 Å². The molecule has 0 heterocycles. The van der Waals surface area contributed by atoms with Crippen LogP contribution >= 0.6 is 0 Å². The number of hydrogen-bond donors (Lipinski definition) is 2. The number of carbonyl (C=O) groups is 2. The Morgan fingerprint density at radius 3 is 2.25 bits per heavy atom. The minimum Gasteiger partial charge on any atom is -0.368 e. The third kappa shape index (κ3) is 5.70. The van der Waals surface area contributed by atoms with Gasteiger partial charge in [0, 0.05) is 6.54 Å². The fraction of sp³-hybridized carbons (Fsp3) is 0.818. The lowest BCUT2D eigenvalue weighted by Gasteiger charge is -2.26. The van der Waals surface area contributed by atoms with Crippen LogP contribution in [-0.4, -0.2) is 35.8 Å². The number of hydrogen-bond acceptors (Lipinski definition) is 3. The second kappa shape index (κ2) is 7.22. The lowest BCUT2D eigenvalue weighted by molar-refractivity contribution is -0.136. The van der Waals surface area contributed by atoms with E-state index in [0.717, 1.165) is 6.42 Å². The number of primary amides is 1. The molecule has 0 saturated carbocycles. The summed E-state index contributed by atoms with van der Waals surface area (Å²) in [6.45, 7) is 6.39. The third-order valence-corrected chi connectivity index (χ3v) is 2.16. The first kappa shape index (κ1) is 14.9. The zero-order chi connectivity index (χ0) is 12.7. The Labute approximate surface area is 97.2 Å². The number of rotatable bonds is 7. The maximum Gasteiger partial charge on any atom is 0.239 e. The van der Waals surface area contributed by atoms with E-state index in [-0.39, 0.29) is 18.4 Å². The third-order valence-electron chi connectivity index (χ3n) is 2.16. The van der Waals surface area contributed by atoms with Gasteiger partial charge in [-0.1, -0.05) is 27.2 Å². The molecular weight excluding hydrogens is 206 g/mol. The van der Waals surface area contributed by atoms with Crippen molar-refractivity contribution in [2.24, 2.45) is 17.4 Å². The smallest absolute Gasteiger partial charge is 0.239 e. The summed E-state index contributed by atoms with van der Waals surface area (Å²) in [6.07, 6.45) is 1.48. The highest BCUT2D eigenvalue weighted by Crippen LogP contribution is 2.04. The van der Waals surface area contributed by atoms with E-state index in [2.05, 4.69) is 0 Å². The number of nitrogens with two attached hydrogens (primary N) is 2. The largest absolute Gasteiger partial charge is 0.368 e. The molecule has 0 aliphatic carbocycles. The summed E-state index contributed by atoms with van der Waals surface area (Å²) in [7, 11) is 0. The van der Waals surface area contributed by atoms with E-state index in [1.807, 2.05) is 20.8 Å². The minimum absolute atomic E-state index is 0.0472. The summed E-state index contributed by atoms with van der Waals surface area (Å²) in [6, 6.07) is -0.525. The second-order valence-electron chi connectivity index (χ2n) is 4.47. The van der Waals surface area contributed by atoms with E-state index in [1.54, 1.807) is 0 Å². The van der Waals surface area contributed by atoms with E-state index in [0.29, 0.717) is 13.0 Å². The average molecular weight is 229 g/mol. The lowest BCUT2D eigenvalue weighted by atomic mass is 10.1. The van der Waals surface area contributed by atoms with Crippen LogP contribution in [0, 0.1) is 5.92 Å². The molecule has 0 fully saturated rings. The molecule has 4 N–H and O–H groups in total. The maximum atomic E-state index is 11.9. The van der Waals surface area contributed by atoms with Gasteiger partial charge in [0.05, 0.1) is 12.6 Å². The van der Waals surface area contributed by atoms with Gasteiger partial charge in [-0.2, -0.15) is 0 Å². The van der Waals surface area contributed by atoms with Crippen LogP contribution in [0.5, 0.6) is 0 Å². The summed E-state index contributed by atoms with van der Waals surface area (Å²) in [4.78, 5) is 24.2. The lowest BCUT2D eigenvalue weighted by Crippen LogP contribution is -2.48. The Bertz CT molecular complexity index is 241. The predicted octanol–water partition coefficient (Wildman–Crippen LogP) is 0.0837. The van der Waals surface area contributed by atoms with Gasteiger partial charge in [-0.25, -0.2) is 0 Å². The van der Waals surface area contributed by atoms with Crippen molar-refractivity contribution in [3.05, 3.63) is 0 Å². The molecule has 2 amide bonds. The van der Waals surface area contributed by atoms with Gasteiger partial charge in [0.25, 0.3) is 0 Å². The molecule has 0 unspecified atom stereocenters. The van der Waals surface area contributed by atoms with Crippen molar-refractivity contribution in [3.8, 4) is 0 Å². The van der Waals surface area contributed by atoms with Crippen LogP contribution in [-0.2, 0) is 9.59 Å². The zero-order valence-electron chi connectivity index (χ0n) is 10.4. The van der Waals surface area contributed by atoms with E-state index in [1.165, 1.54) is 4.90 Å². The summed E-state index contributed by atoms with van der Waals surface area (Å²) < 4.78 is 0. The normalized spacial score (nSPS) is 12.6. The summed E-state index contributed by atoms with van der Waals surface area (Å²) in [5.41, 5.74) is 10.8. The molecule has 0 saturated heterocycles. The van der Waals surface area contributed by atoms with Crippen LogP contribution in [0.4, 0.5) is 0 Å². The monoisotopic (exact) mass is 229 g/mol. The molecule has 0 radical (unpaired) electrons. The Hall–Kier alpha value is -1.10. The summed E-state index contributed by atoms with van der Waals surface area (Å²) in [5.74, 6) is -0.399. The Morgan fingerprint density at radius 2 is 1.88 bits per heavy atom. The van der Waals surface area contributed by atoms with Crippen LogP contribution in [0.2, 0.25) is 0 Å². The molecule has 0 bridgehead atoms. The summed E-state index contributed by atoms with van der Waals surface area (Å²) >= 11 is 0. The standard InChI is InChI=1S/C11H23N3O2/c1-4-5-9(12)11(16)14(6-8(2)3)7-10(13)15/h8-9H,4-7,12H2,1-3H3,(H2,13,15)/t9-/m1/s1. The molecule has 0 spiro atoms. The van der Waals surface area contributed by atoms with Gasteiger partial charge in [-0.3, -0.25) is 9.59 Å². The highest BCUT2D eigenvalue weighted by molar-refractivity contribution is 5.86. The Kier molecular flexibility index (Phi) is 6.72. The zero-order valence-corrected chi connectivity index (χ0v) is 10.4. The van der Waals surface area contributed by atoms with Crippen molar-refractivity contribution in [2.75, 3.05) is 13.1 Å². The predicted molar refractivity (Wildman–Crippen MR) is 63.5 cm³/mol. The molecule has 0 aliphatic rings. The van der Waals surface area contributed by atoms with Crippen LogP contribution in [0.25, 0.3) is 0 Å². The van der Waals surface area contributed by atoms with Crippen molar-refractivity contribution < 1.29 is 9.59 Å². The first-order valence-electron chi connectivity index (χ1n) is 5.71. The molecule has 94 valence electrons. The number of nitrogens with zero attached hydrogens (tertiary/aromatic N) is 1. The van der Waals surface area contributed by atoms with Gasteiger partial charge < -0.3 is 16.4 Å². The highest BCUT2D eigenvalue weighted by atomic mass is 16.2. The first-order chi connectivity index (χ1) is 7.38. The van der Waals surface area contributed by atoms with Crippen LogP contribution < -0.4 is 11.5 Å². The average Bonchev–Trinajstić information content (AvgIpc) is 2.14.